The zero-order valence-corrected chi connectivity index (χ0v) is 15.1. The van der Waals surface area contributed by atoms with Crippen molar-refractivity contribution in [2.45, 2.75) is 19.7 Å². The topological polar surface area (TPSA) is 65.4 Å². The van der Waals surface area contributed by atoms with E-state index in [0.717, 1.165) is 28.4 Å². The number of benzene rings is 2. The van der Waals surface area contributed by atoms with Crippen LogP contribution in [0.2, 0.25) is 0 Å². The van der Waals surface area contributed by atoms with Crippen LogP contribution in [0.5, 0.6) is 5.75 Å². The Labute approximate surface area is 157 Å². The number of amides is 1. The van der Waals surface area contributed by atoms with Crippen molar-refractivity contribution >= 4 is 5.91 Å². The molecule has 0 radical (unpaired) electrons. The summed E-state index contributed by atoms with van der Waals surface area (Å²) in [6, 6.07) is 17.5. The van der Waals surface area contributed by atoms with Crippen molar-refractivity contribution in [3.8, 4) is 17.1 Å². The number of hydrogen-bond donors (Lipinski definition) is 1. The van der Waals surface area contributed by atoms with Gasteiger partial charge in [-0.25, -0.2) is 4.98 Å². The van der Waals surface area contributed by atoms with Crippen LogP contribution in [0.1, 0.15) is 21.7 Å². The van der Waals surface area contributed by atoms with Gasteiger partial charge in [-0.1, -0.05) is 42.5 Å². The van der Waals surface area contributed by atoms with Crippen LogP contribution in [0, 0.1) is 0 Å². The predicted molar refractivity (Wildman–Crippen MR) is 101 cm³/mol. The van der Waals surface area contributed by atoms with Crippen LogP contribution >= 0.6 is 0 Å². The summed E-state index contributed by atoms with van der Waals surface area (Å²) < 4.78 is 12.8. The Kier molecular flexibility index (Phi) is 4.89. The molecule has 0 fully saturated rings. The molecular formula is C21H21N3O3. The highest BCUT2D eigenvalue weighted by Gasteiger charge is 2.25. The van der Waals surface area contributed by atoms with Gasteiger partial charge in [0, 0.05) is 18.7 Å². The molecule has 1 aliphatic heterocycles. The molecule has 0 saturated heterocycles. The molecule has 1 amide bonds. The van der Waals surface area contributed by atoms with Gasteiger partial charge in [-0.05, 0) is 17.7 Å². The molecule has 27 heavy (non-hydrogen) atoms. The Bertz CT molecular complexity index is 933. The lowest BCUT2D eigenvalue weighted by Gasteiger charge is -2.18. The number of ether oxygens (including phenoxy) is 2. The summed E-state index contributed by atoms with van der Waals surface area (Å²) in [5.74, 6) is 1.41. The average molecular weight is 363 g/mol. The number of hydrogen-bond acceptors (Lipinski definition) is 4. The fourth-order valence-corrected chi connectivity index (χ4v) is 3.20. The lowest BCUT2D eigenvalue weighted by molar-refractivity contribution is 0.0816. The summed E-state index contributed by atoms with van der Waals surface area (Å²) in [6.07, 6.45) is 0. The second kappa shape index (κ2) is 7.63. The van der Waals surface area contributed by atoms with E-state index < -0.39 is 0 Å². The monoisotopic (exact) mass is 363 g/mol. The van der Waals surface area contributed by atoms with Crippen LogP contribution in [0.15, 0.2) is 54.6 Å². The first-order valence-corrected chi connectivity index (χ1v) is 8.90. The van der Waals surface area contributed by atoms with Crippen LogP contribution < -0.4 is 10.1 Å². The lowest BCUT2D eigenvalue weighted by atomic mass is 10.2. The van der Waals surface area contributed by atoms with Gasteiger partial charge >= 0.3 is 0 Å². The fraction of sp³-hybridized carbons (Fsp3) is 0.238. The summed E-state index contributed by atoms with van der Waals surface area (Å²) in [6.45, 7) is 2.14. The molecule has 1 aliphatic rings. The second-order valence-corrected chi connectivity index (χ2v) is 6.33. The Morgan fingerprint density at radius 1 is 1.19 bits per heavy atom. The van der Waals surface area contributed by atoms with Crippen molar-refractivity contribution in [2.75, 3.05) is 13.7 Å². The predicted octanol–water partition coefficient (Wildman–Crippen LogP) is 3.02. The summed E-state index contributed by atoms with van der Waals surface area (Å²) in [4.78, 5) is 17.4. The number of rotatable bonds is 5. The van der Waals surface area contributed by atoms with Gasteiger partial charge in [-0.3, -0.25) is 4.79 Å². The number of carbonyl (C=O) groups excluding carboxylic acids is 1. The Hall–Kier alpha value is -3.12. The molecule has 0 aliphatic carbocycles. The third-order valence-corrected chi connectivity index (χ3v) is 4.63. The van der Waals surface area contributed by atoms with Gasteiger partial charge < -0.3 is 19.4 Å². The standard InChI is InChI=1S/C21H21N3O3/c1-26-17-9-7-15(8-10-17)13-22-21(25)19-18-14-27-12-11-24(18)20(23-19)16-5-3-2-4-6-16/h2-10H,11-14H2,1H3,(H,22,25). The van der Waals surface area contributed by atoms with Crippen molar-refractivity contribution < 1.29 is 14.3 Å². The number of methoxy groups -OCH3 is 1. The Morgan fingerprint density at radius 2 is 1.96 bits per heavy atom. The normalized spacial score (nSPS) is 13.1. The van der Waals surface area contributed by atoms with Gasteiger partial charge in [0.25, 0.3) is 5.91 Å². The van der Waals surface area contributed by atoms with Crippen molar-refractivity contribution in [3.63, 3.8) is 0 Å². The van der Waals surface area contributed by atoms with E-state index in [2.05, 4.69) is 14.9 Å². The molecule has 1 aromatic heterocycles. The maximum absolute atomic E-state index is 12.8. The molecule has 0 saturated carbocycles. The quantitative estimate of drug-likeness (QED) is 0.757. The highest BCUT2D eigenvalue weighted by molar-refractivity contribution is 5.94. The summed E-state index contributed by atoms with van der Waals surface area (Å²) in [5, 5.41) is 2.96. The number of nitrogens with one attached hydrogen (secondary N) is 1. The molecule has 2 aromatic carbocycles. The minimum Gasteiger partial charge on any atom is -0.497 e. The number of nitrogens with zero attached hydrogens (tertiary/aromatic N) is 2. The van der Waals surface area contributed by atoms with Gasteiger partial charge in [0.15, 0.2) is 5.69 Å². The van der Waals surface area contributed by atoms with E-state index >= 15 is 0 Å². The number of carbonyl (C=O) groups is 1. The second-order valence-electron chi connectivity index (χ2n) is 6.33. The van der Waals surface area contributed by atoms with Crippen molar-refractivity contribution in [3.05, 3.63) is 71.5 Å². The molecule has 2 heterocycles. The highest BCUT2D eigenvalue weighted by Crippen LogP contribution is 2.25. The minimum atomic E-state index is -0.192. The number of imidazole rings is 1. The minimum absolute atomic E-state index is 0.192. The van der Waals surface area contributed by atoms with Gasteiger partial charge in [0.05, 0.1) is 26.0 Å². The van der Waals surface area contributed by atoms with E-state index in [4.69, 9.17) is 9.47 Å². The SMILES string of the molecule is COc1ccc(CNC(=O)c2nc(-c3ccccc3)n3c2COCC3)cc1. The molecule has 6 nitrogen and oxygen atoms in total. The molecule has 3 aromatic rings. The molecule has 0 bridgehead atoms. The zero-order chi connectivity index (χ0) is 18.6. The van der Waals surface area contributed by atoms with Crippen LogP contribution in [0.25, 0.3) is 11.4 Å². The third kappa shape index (κ3) is 3.57. The summed E-state index contributed by atoms with van der Waals surface area (Å²) in [5.41, 5.74) is 3.25. The first-order chi connectivity index (χ1) is 13.3. The summed E-state index contributed by atoms with van der Waals surface area (Å²) >= 11 is 0. The van der Waals surface area contributed by atoms with E-state index in [1.54, 1.807) is 7.11 Å². The first kappa shape index (κ1) is 17.3. The highest BCUT2D eigenvalue weighted by atomic mass is 16.5. The fourth-order valence-electron chi connectivity index (χ4n) is 3.20. The van der Waals surface area contributed by atoms with Crippen molar-refractivity contribution in [1.82, 2.24) is 14.9 Å². The average Bonchev–Trinajstić information content (AvgIpc) is 3.13. The van der Waals surface area contributed by atoms with Gasteiger partial charge in [-0.2, -0.15) is 0 Å². The van der Waals surface area contributed by atoms with E-state index in [-0.39, 0.29) is 5.91 Å². The largest absolute Gasteiger partial charge is 0.497 e. The molecule has 138 valence electrons. The van der Waals surface area contributed by atoms with Crippen LogP contribution in [-0.4, -0.2) is 29.2 Å². The molecule has 1 N–H and O–H groups in total. The van der Waals surface area contributed by atoms with Gasteiger partial charge in [-0.15, -0.1) is 0 Å². The molecule has 0 atom stereocenters. The van der Waals surface area contributed by atoms with Crippen molar-refractivity contribution in [2.24, 2.45) is 0 Å². The van der Waals surface area contributed by atoms with E-state index in [1.807, 2.05) is 54.6 Å². The maximum atomic E-state index is 12.8. The third-order valence-electron chi connectivity index (χ3n) is 4.63. The smallest absolute Gasteiger partial charge is 0.272 e. The van der Waals surface area contributed by atoms with Crippen LogP contribution in [-0.2, 0) is 24.4 Å². The summed E-state index contributed by atoms with van der Waals surface area (Å²) in [7, 11) is 1.63. The van der Waals surface area contributed by atoms with Crippen molar-refractivity contribution in [1.29, 1.82) is 0 Å². The Morgan fingerprint density at radius 3 is 2.70 bits per heavy atom. The molecule has 0 unspecified atom stereocenters. The van der Waals surface area contributed by atoms with Gasteiger partial charge in [0.2, 0.25) is 0 Å². The van der Waals surface area contributed by atoms with E-state index in [1.165, 1.54) is 0 Å². The zero-order valence-electron chi connectivity index (χ0n) is 15.1. The molecule has 6 heteroatoms. The molecule has 0 spiro atoms. The Balaban J connectivity index is 1.57. The van der Waals surface area contributed by atoms with E-state index in [0.29, 0.717) is 32.0 Å². The van der Waals surface area contributed by atoms with Crippen LogP contribution in [0.3, 0.4) is 0 Å². The molecular weight excluding hydrogens is 342 g/mol. The lowest BCUT2D eigenvalue weighted by Crippen LogP contribution is -2.26. The first-order valence-electron chi connectivity index (χ1n) is 8.90. The van der Waals surface area contributed by atoms with E-state index in [9.17, 15) is 4.79 Å². The number of fused-ring (bicyclic) bond motifs is 1. The van der Waals surface area contributed by atoms with Crippen LogP contribution in [0.4, 0.5) is 0 Å². The van der Waals surface area contributed by atoms with Gasteiger partial charge in [0.1, 0.15) is 11.6 Å². The molecule has 4 rings (SSSR count). The maximum Gasteiger partial charge on any atom is 0.272 e. The number of aromatic nitrogens is 2.